The Morgan fingerprint density at radius 2 is 1.67 bits per heavy atom. The molecule has 4 bridgehead atoms. The lowest BCUT2D eigenvalue weighted by Gasteiger charge is -2.61. The molecule has 0 aromatic heterocycles. The van der Waals surface area contributed by atoms with Crippen LogP contribution in [0, 0.1) is 17.8 Å². The van der Waals surface area contributed by atoms with Crippen LogP contribution in [0.4, 0.5) is 0 Å². The van der Waals surface area contributed by atoms with Gasteiger partial charge in [0.15, 0.2) is 0 Å². The van der Waals surface area contributed by atoms with Gasteiger partial charge in [0.1, 0.15) is 6.04 Å². The Balaban J connectivity index is 1.87. The fourth-order valence-electron chi connectivity index (χ4n) is 5.57. The van der Waals surface area contributed by atoms with Gasteiger partial charge in [-0.25, -0.2) is 0 Å². The number of hydrogen-bond acceptors (Lipinski definition) is 2. The zero-order valence-electron chi connectivity index (χ0n) is 11.6. The number of hydrogen-bond donors (Lipinski definition) is 1. The first-order valence-electron chi connectivity index (χ1n) is 7.53. The minimum absolute atomic E-state index is 0.224. The number of rotatable bonds is 4. The molecular formula is C15H25NO2. The van der Waals surface area contributed by atoms with Gasteiger partial charge in [0.05, 0.1) is 0 Å². The molecule has 0 aromatic carbocycles. The molecule has 0 spiro atoms. The summed E-state index contributed by atoms with van der Waals surface area (Å²) in [7, 11) is 0. The van der Waals surface area contributed by atoms with Crippen molar-refractivity contribution in [2.24, 2.45) is 17.8 Å². The normalized spacial score (nSPS) is 43.4. The molecule has 4 aliphatic rings. The van der Waals surface area contributed by atoms with Crippen molar-refractivity contribution in [2.75, 3.05) is 6.54 Å². The minimum Gasteiger partial charge on any atom is -0.480 e. The molecule has 0 saturated heterocycles. The third kappa shape index (κ3) is 1.78. The van der Waals surface area contributed by atoms with Crippen molar-refractivity contribution in [3.8, 4) is 0 Å². The summed E-state index contributed by atoms with van der Waals surface area (Å²) in [5.41, 5.74) is 0.224. The van der Waals surface area contributed by atoms with Crippen LogP contribution in [0.15, 0.2) is 0 Å². The van der Waals surface area contributed by atoms with Gasteiger partial charge in [0.25, 0.3) is 0 Å². The largest absolute Gasteiger partial charge is 0.480 e. The van der Waals surface area contributed by atoms with Gasteiger partial charge in [-0.05, 0) is 69.7 Å². The highest BCUT2D eigenvalue weighted by Gasteiger charge is 2.54. The van der Waals surface area contributed by atoms with E-state index in [0.29, 0.717) is 0 Å². The Morgan fingerprint density at radius 3 is 2.00 bits per heavy atom. The Labute approximate surface area is 110 Å². The first kappa shape index (κ1) is 12.5. The molecule has 0 aromatic rings. The second-order valence-corrected chi connectivity index (χ2v) is 6.94. The third-order valence-electron chi connectivity index (χ3n) is 5.78. The summed E-state index contributed by atoms with van der Waals surface area (Å²) in [5, 5.41) is 9.34. The first-order valence-corrected chi connectivity index (χ1v) is 7.53. The van der Waals surface area contributed by atoms with E-state index in [-0.39, 0.29) is 11.6 Å². The van der Waals surface area contributed by atoms with Crippen LogP contribution in [-0.4, -0.2) is 34.1 Å². The van der Waals surface area contributed by atoms with Gasteiger partial charge in [-0.3, -0.25) is 9.69 Å². The van der Waals surface area contributed by atoms with Gasteiger partial charge in [-0.1, -0.05) is 6.92 Å². The molecule has 1 atom stereocenters. The summed E-state index contributed by atoms with van der Waals surface area (Å²) in [6.45, 7) is 4.86. The van der Waals surface area contributed by atoms with Crippen LogP contribution in [0.1, 0.15) is 52.4 Å². The Bertz CT molecular complexity index is 317. The maximum Gasteiger partial charge on any atom is 0.320 e. The van der Waals surface area contributed by atoms with Crippen LogP contribution < -0.4 is 0 Å². The average Bonchev–Trinajstić information content (AvgIpc) is 2.27. The highest BCUT2D eigenvalue weighted by Crippen LogP contribution is 2.58. The second-order valence-electron chi connectivity index (χ2n) is 6.94. The molecule has 0 radical (unpaired) electrons. The summed E-state index contributed by atoms with van der Waals surface area (Å²) in [4.78, 5) is 13.7. The number of likely N-dealkylation sites (N-methyl/N-ethyl adjacent to an activating group) is 1. The summed E-state index contributed by atoms with van der Waals surface area (Å²) < 4.78 is 0. The lowest BCUT2D eigenvalue weighted by atomic mass is 9.52. The van der Waals surface area contributed by atoms with Crippen molar-refractivity contribution in [3.63, 3.8) is 0 Å². The maximum atomic E-state index is 11.4. The third-order valence-corrected chi connectivity index (χ3v) is 5.78. The Hall–Kier alpha value is -0.570. The smallest absolute Gasteiger partial charge is 0.320 e. The van der Waals surface area contributed by atoms with Gasteiger partial charge in [0.2, 0.25) is 0 Å². The van der Waals surface area contributed by atoms with Gasteiger partial charge in [-0.2, -0.15) is 0 Å². The molecule has 4 fully saturated rings. The number of aliphatic carboxylic acids is 1. The average molecular weight is 251 g/mol. The van der Waals surface area contributed by atoms with Crippen LogP contribution in [0.5, 0.6) is 0 Å². The fraction of sp³-hybridized carbons (Fsp3) is 0.933. The zero-order chi connectivity index (χ0) is 12.9. The summed E-state index contributed by atoms with van der Waals surface area (Å²) in [6, 6.07) is -0.328. The predicted molar refractivity (Wildman–Crippen MR) is 70.4 cm³/mol. The minimum atomic E-state index is -0.660. The molecule has 0 heterocycles. The number of carboxylic acids is 1. The molecule has 1 N–H and O–H groups in total. The summed E-state index contributed by atoms with van der Waals surface area (Å²) >= 11 is 0. The van der Waals surface area contributed by atoms with Gasteiger partial charge in [0, 0.05) is 5.54 Å². The number of carbonyl (C=O) groups is 1. The molecule has 102 valence electrons. The quantitative estimate of drug-likeness (QED) is 0.835. The Kier molecular flexibility index (Phi) is 2.92. The first-order chi connectivity index (χ1) is 8.54. The highest BCUT2D eigenvalue weighted by atomic mass is 16.4. The van der Waals surface area contributed by atoms with Crippen LogP contribution in [0.3, 0.4) is 0 Å². The SMILES string of the molecule is CCN(C(C)C(=O)O)C12CC3CC(CC(C3)C1)C2. The molecule has 4 saturated carbocycles. The van der Waals surface area contributed by atoms with E-state index in [9.17, 15) is 9.90 Å². The molecule has 3 heteroatoms. The van der Waals surface area contributed by atoms with Gasteiger partial charge >= 0.3 is 5.97 Å². The maximum absolute atomic E-state index is 11.4. The number of nitrogens with zero attached hydrogens (tertiary/aromatic N) is 1. The van der Waals surface area contributed by atoms with E-state index in [1.54, 1.807) is 0 Å². The Morgan fingerprint density at radius 1 is 1.22 bits per heavy atom. The molecule has 4 aliphatic carbocycles. The van der Waals surface area contributed by atoms with Crippen molar-refractivity contribution < 1.29 is 9.90 Å². The summed E-state index contributed by atoms with van der Waals surface area (Å²) in [5.74, 6) is 1.98. The molecular weight excluding hydrogens is 226 g/mol. The van der Waals surface area contributed by atoms with E-state index in [0.717, 1.165) is 24.3 Å². The molecule has 0 aliphatic heterocycles. The topological polar surface area (TPSA) is 40.5 Å². The van der Waals surface area contributed by atoms with E-state index in [4.69, 9.17) is 0 Å². The van der Waals surface area contributed by atoms with E-state index in [1.807, 2.05) is 6.92 Å². The van der Waals surface area contributed by atoms with Crippen LogP contribution in [0.2, 0.25) is 0 Å². The standard InChI is InChI=1S/C15H25NO2/c1-3-16(10(2)14(17)18)15-7-11-4-12(8-15)6-13(5-11)9-15/h10-13H,3-9H2,1-2H3,(H,17,18). The summed E-state index contributed by atoms with van der Waals surface area (Å²) in [6.07, 6.45) is 8.01. The molecule has 4 rings (SSSR count). The zero-order valence-corrected chi connectivity index (χ0v) is 11.6. The van der Waals surface area contributed by atoms with Gasteiger partial charge < -0.3 is 5.11 Å². The second kappa shape index (κ2) is 4.22. The molecule has 0 amide bonds. The van der Waals surface area contributed by atoms with Crippen molar-refractivity contribution in [1.29, 1.82) is 0 Å². The molecule has 18 heavy (non-hydrogen) atoms. The molecule has 1 unspecified atom stereocenters. The van der Waals surface area contributed by atoms with Crippen molar-refractivity contribution >= 4 is 5.97 Å². The van der Waals surface area contributed by atoms with E-state index < -0.39 is 5.97 Å². The van der Waals surface area contributed by atoms with E-state index in [1.165, 1.54) is 38.5 Å². The lowest BCUT2D eigenvalue weighted by Crippen LogP contribution is -2.63. The van der Waals surface area contributed by atoms with Crippen LogP contribution in [-0.2, 0) is 4.79 Å². The fourth-order valence-corrected chi connectivity index (χ4v) is 5.57. The predicted octanol–water partition coefficient (Wildman–Crippen LogP) is 2.75. The van der Waals surface area contributed by atoms with Crippen molar-refractivity contribution in [2.45, 2.75) is 64.0 Å². The highest BCUT2D eigenvalue weighted by molar-refractivity contribution is 5.73. The van der Waals surface area contributed by atoms with E-state index in [2.05, 4.69) is 11.8 Å². The van der Waals surface area contributed by atoms with Crippen LogP contribution in [0.25, 0.3) is 0 Å². The van der Waals surface area contributed by atoms with Crippen molar-refractivity contribution in [1.82, 2.24) is 4.90 Å². The van der Waals surface area contributed by atoms with Crippen LogP contribution >= 0.6 is 0 Å². The lowest BCUT2D eigenvalue weighted by molar-refractivity contribution is -0.153. The molecule has 3 nitrogen and oxygen atoms in total. The van der Waals surface area contributed by atoms with E-state index >= 15 is 0 Å². The number of carboxylic acid groups (broad SMARTS) is 1. The monoisotopic (exact) mass is 251 g/mol. The van der Waals surface area contributed by atoms with Crippen molar-refractivity contribution in [3.05, 3.63) is 0 Å². The van der Waals surface area contributed by atoms with Gasteiger partial charge in [-0.15, -0.1) is 0 Å².